The fraction of sp³-hybridized carbons (Fsp3) is 0.544. The normalized spacial score (nSPS) is 19.3. The Balaban J connectivity index is 0.858. The minimum absolute atomic E-state index is 0.0104. The van der Waals surface area contributed by atoms with Gasteiger partial charge in [-0.1, -0.05) is 91.8 Å². The Hall–Kier alpha value is -6.29. The van der Waals surface area contributed by atoms with Gasteiger partial charge in [0.1, 0.15) is 24.5 Å². The fourth-order valence-corrected chi connectivity index (χ4v) is 10.6. The van der Waals surface area contributed by atoms with Crippen LogP contribution in [-0.2, 0) is 31.7 Å². The van der Waals surface area contributed by atoms with E-state index in [1.54, 1.807) is 31.5 Å². The summed E-state index contributed by atoms with van der Waals surface area (Å²) in [5, 5.41) is 29.0. The molecule has 2 heterocycles. The van der Waals surface area contributed by atoms with Gasteiger partial charge >= 0.3 is 12.1 Å². The van der Waals surface area contributed by atoms with Gasteiger partial charge in [0.15, 0.2) is 0 Å². The van der Waals surface area contributed by atoms with Gasteiger partial charge in [0.25, 0.3) is 5.91 Å². The molecule has 3 amide bonds. The number of hydrogen-bond donors (Lipinski definition) is 5. The van der Waals surface area contributed by atoms with Crippen molar-refractivity contribution in [3.8, 4) is 23.1 Å². The van der Waals surface area contributed by atoms with Crippen molar-refractivity contribution in [2.75, 3.05) is 45.9 Å². The Morgan fingerprint density at radius 1 is 0.907 bits per heavy atom. The second-order valence-electron chi connectivity index (χ2n) is 22.7. The van der Waals surface area contributed by atoms with Crippen molar-refractivity contribution < 1.29 is 46.9 Å². The molecule has 1 aliphatic carbocycles. The van der Waals surface area contributed by atoms with Crippen molar-refractivity contribution in [2.45, 2.75) is 131 Å². The van der Waals surface area contributed by atoms with Crippen LogP contribution in [0.2, 0.25) is 0 Å². The number of aliphatic hydroxyl groups is 1. The first-order valence-electron chi connectivity index (χ1n) is 25.9. The van der Waals surface area contributed by atoms with E-state index in [4.69, 9.17) is 9.47 Å². The summed E-state index contributed by atoms with van der Waals surface area (Å²) in [6.07, 6.45) is -1.82. The number of esters is 1. The van der Waals surface area contributed by atoms with Gasteiger partial charge in [-0.05, 0) is 92.9 Å². The number of piperazine rings is 1. The van der Waals surface area contributed by atoms with E-state index < -0.39 is 63.7 Å². The number of nitrogens with one attached hydrogen (secondary N) is 4. The summed E-state index contributed by atoms with van der Waals surface area (Å²) >= 11 is 0. The topological polar surface area (TPSA) is 202 Å². The number of alkyl halides is 3. The van der Waals surface area contributed by atoms with Crippen molar-refractivity contribution in [3.05, 3.63) is 107 Å². The van der Waals surface area contributed by atoms with E-state index in [2.05, 4.69) is 35.7 Å². The molecule has 406 valence electrons. The van der Waals surface area contributed by atoms with Crippen LogP contribution < -0.4 is 20.7 Å². The van der Waals surface area contributed by atoms with Crippen LogP contribution in [0.25, 0.3) is 11.3 Å². The predicted molar refractivity (Wildman–Crippen MR) is 279 cm³/mol. The Labute approximate surface area is 439 Å². The molecule has 0 spiro atoms. The van der Waals surface area contributed by atoms with Crippen LogP contribution in [0.15, 0.2) is 73.1 Å². The van der Waals surface area contributed by atoms with E-state index in [1.165, 1.54) is 6.07 Å². The van der Waals surface area contributed by atoms with E-state index in [9.17, 15) is 42.7 Å². The van der Waals surface area contributed by atoms with E-state index >= 15 is 0 Å². The number of aromatic amines is 1. The summed E-state index contributed by atoms with van der Waals surface area (Å²) in [6.45, 7) is 22.4. The number of ether oxygens (including phenoxy) is 2. The summed E-state index contributed by atoms with van der Waals surface area (Å²) in [5.41, 5.74) is 1.91. The van der Waals surface area contributed by atoms with Crippen molar-refractivity contribution in [3.63, 3.8) is 0 Å². The number of benzene rings is 3. The maximum Gasteiger partial charge on any atom is 0.417 e. The Kier molecular flexibility index (Phi) is 18.7. The second-order valence-corrected chi connectivity index (χ2v) is 22.7. The first-order chi connectivity index (χ1) is 35.2. The summed E-state index contributed by atoms with van der Waals surface area (Å²) in [4.78, 5) is 65.0. The van der Waals surface area contributed by atoms with Crippen molar-refractivity contribution in [1.29, 1.82) is 5.26 Å². The van der Waals surface area contributed by atoms with Crippen molar-refractivity contribution >= 4 is 23.7 Å². The van der Waals surface area contributed by atoms with Crippen LogP contribution in [0.3, 0.4) is 0 Å². The average Bonchev–Trinajstić information content (AvgIpc) is 3.79. The molecule has 4 aromatic rings. The van der Waals surface area contributed by atoms with Gasteiger partial charge in [-0.15, -0.1) is 0 Å². The van der Waals surface area contributed by atoms with Crippen molar-refractivity contribution in [1.82, 2.24) is 35.7 Å². The third kappa shape index (κ3) is 14.8. The Morgan fingerprint density at radius 2 is 1.55 bits per heavy atom. The standard InChI is InChI=1S/C57H75F3N8O7/c1-35(49(71)64-36(2)39-18-20-40(21-19-39)47-37(3)62-34-63-47)29-43(69)33-74-51(73)48(54(4,5)6)65-46(70)32-68-27-25-67(26-28-68)24-12-11-13-38-14-16-41(17-15-38)50(72)66-52-55(7,8)53(56(52,9)10)75-44-23-22-42(31-61)45(30-44)57(58,59)60/h14-23,30,34-36,43,48,52-53,69H,11-13,24-29,32-33H2,1-10H3,(H,62,63)(H,64,71)(H,65,70)(H,66,72)/t35-,36-,43+,48?,52?,53?/m0/s1. The van der Waals surface area contributed by atoms with Crippen LogP contribution in [-0.4, -0.2) is 119 Å². The number of carbonyl (C=O) groups is 4. The average molecular weight is 1040 g/mol. The number of hydrogen-bond acceptors (Lipinski definition) is 11. The largest absolute Gasteiger partial charge is 0.489 e. The third-order valence-corrected chi connectivity index (χ3v) is 14.8. The highest BCUT2D eigenvalue weighted by Crippen LogP contribution is 2.56. The highest BCUT2D eigenvalue weighted by Gasteiger charge is 2.64. The lowest BCUT2D eigenvalue weighted by Crippen LogP contribution is -2.74. The number of aryl methyl sites for hydroxylation is 2. The molecule has 1 saturated heterocycles. The highest BCUT2D eigenvalue weighted by atomic mass is 19.4. The number of amides is 3. The molecule has 3 aromatic carbocycles. The van der Waals surface area contributed by atoms with E-state index in [0.717, 1.165) is 79.1 Å². The van der Waals surface area contributed by atoms with Crippen LogP contribution in [0.4, 0.5) is 13.2 Å². The van der Waals surface area contributed by atoms with Crippen LogP contribution in [0, 0.1) is 40.4 Å². The summed E-state index contributed by atoms with van der Waals surface area (Å²) < 4.78 is 52.5. The van der Waals surface area contributed by atoms with Gasteiger partial charge in [-0.2, -0.15) is 18.4 Å². The van der Waals surface area contributed by atoms with Gasteiger partial charge in [0.2, 0.25) is 11.8 Å². The van der Waals surface area contributed by atoms with E-state index in [-0.39, 0.29) is 55.1 Å². The zero-order valence-electron chi connectivity index (χ0n) is 45.0. The zero-order valence-corrected chi connectivity index (χ0v) is 45.0. The number of rotatable bonds is 21. The molecule has 15 nitrogen and oxygen atoms in total. The lowest BCUT2D eigenvalue weighted by atomic mass is 9.49. The number of H-pyrrole nitrogens is 1. The van der Waals surface area contributed by atoms with E-state index in [1.807, 2.05) is 98.7 Å². The smallest absolute Gasteiger partial charge is 0.417 e. The first kappa shape index (κ1) is 58.0. The number of halogens is 3. The maximum absolute atomic E-state index is 13.6. The molecule has 0 bridgehead atoms. The molecule has 1 aliphatic heterocycles. The molecule has 75 heavy (non-hydrogen) atoms. The molecule has 2 aliphatic rings. The fourth-order valence-electron chi connectivity index (χ4n) is 10.6. The van der Waals surface area contributed by atoms with Gasteiger partial charge < -0.3 is 40.4 Å². The van der Waals surface area contributed by atoms with Gasteiger partial charge in [0.05, 0.1) is 47.9 Å². The van der Waals surface area contributed by atoms with Crippen LogP contribution >= 0.6 is 0 Å². The second kappa shape index (κ2) is 24.1. The first-order valence-corrected chi connectivity index (χ1v) is 25.9. The molecule has 2 fully saturated rings. The number of carbonyl (C=O) groups excluding carboxylic acids is 4. The van der Waals surface area contributed by atoms with Gasteiger partial charge in [0, 0.05) is 65.8 Å². The third-order valence-electron chi connectivity index (χ3n) is 14.8. The molecule has 0 radical (unpaired) electrons. The number of aromatic nitrogens is 2. The molecule has 1 unspecified atom stereocenters. The maximum atomic E-state index is 13.6. The highest BCUT2D eigenvalue weighted by molar-refractivity contribution is 5.94. The Morgan fingerprint density at radius 3 is 2.13 bits per heavy atom. The Bertz CT molecular complexity index is 2630. The predicted octanol–water partition coefficient (Wildman–Crippen LogP) is 8.17. The summed E-state index contributed by atoms with van der Waals surface area (Å²) in [6, 6.07) is 18.7. The van der Waals surface area contributed by atoms with E-state index in [0.29, 0.717) is 18.7 Å². The number of nitrogens with zero attached hydrogens (tertiary/aromatic N) is 4. The summed E-state index contributed by atoms with van der Waals surface area (Å²) in [5.74, 6) is -1.98. The lowest BCUT2D eigenvalue weighted by Gasteiger charge is -2.63. The number of imidazole rings is 1. The number of aliphatic hydroxyl groups excluding tert-OH is 1. The number of nitriles is 1. The number of unbranched alkanes of at least 4 members (excludes halogenated alkanes) is 1. The van der Waals surface area contributed by atoms with Crippen molar-refractivity contribution in [2.24, 2.45) is 22.2 Å². The van der Waals surface area contributed by atoms with Crippen LogP contribution in [0.1, 0.15) is 126 Å². The zero-order chi connectivity index (χ0) is 55.0. The SMILES string of the molecule is Cc1[nH]cnc1-c1ccc([C@H](C)NC(=O)[C@@H](C)C[C@@H](O)COC(=O)C(NC(=O)CN2CCN(CCCCc3ccc(C(=O)NC4C(C)(C)C(Oc5ccc(C#N)c(C(F)(F)F)c5)C4(C)C)cc3)CC2)C(C)(C)C)cc1. The molecule has 1 aromatic heterocycles. The molecular weight excluding hydrogens is 966 g/mol. The lowest BCUT2D eigenvalue weighted by molar-refractivity contribution is -0.164. The molecular formula is C57H75F3N8O7. The summed E-state index contributed by atoms with van der Waals surface area (Å²) in [7, 11) is 0. The molecule has 4 atom stereocenters. The van der Waals surface area contributed by atoms with Gasteiger partial charge in [-0.3, -0.25) is 19.3 Å². The minimum atomic E-state index is -4.70. The molecule has 5 N–H and O–H groups in total. The molecule has 18 heteroatoms. The quantitative estimate of drug-likeness (QED) is 0.0398. The van der Waals surface area contributed by atoms with Gasteiger partial charge in [-0.25, -0.2) is 9.78 Å². The molecule has 6 rings (SSSR count). The molecule has 1 saturated carbocycles. The minimum Gasteiger partial charge on any atom is -0.489 e. The monoisotopic (exact) mass is 1040 g/mol. The van der Waals surface area contributed by atoms with Crippen LogP contribution in [0.5, 0.6) is 5.75 Å².